The average molecular weight is 578 g/mol. The van der Waals surface area contributed by atoms with Crippen LogP contribution in [0.5, 0.6) is 11.5 Å². The number of amides is 1. The first-order chi connectivity index (χ1) is 15.9. The molecule has 0 atom stereocenters. The van der Waals surface area contributed by atoms with Gasteiger partial charge in [-0.1, -0.05) is 23.9 Å². The van der Waals surface area contributed by atoms with E-state index >= 15 is 0 Å². The molecule has 0 aliphatic rings. The van der Waals surface area contributed by atoms with Crippen LogP contribution in [0.25, 0.3) is 0 Å². The van der Waals surface area contributed by atoms with Crippen molar-refractivity contribution >= 4 is 45.9 Å². The van der Waals surface area contributed by atoms with Crippen LogP contribution in [-0.2, 0) is 17.9 Å². The van der Waals surface area contributed by atoms with E-state index < -0.39 is 0 Å². The van der Waals surface area contributed by atoms with Gasteiger partial charge < -0.3 is 14.8 Å². The van der Waals surface area contributed by atoms with E-state index in [9.17, 15) is 4.79 Å². The van der Waals surface area contributed by atoms with Gasteiger partial charge in [0, 0.05) is 15.8 Å². The molecule has 0 spiro atoms. The van der Waals surface area contributed by atoms with Crippen LogP contribution in [0.15, 0.2) is 54.2 Å². The van der Waals surface area contributed by atoms with Gasteiger partial charge in [0.15, 0.2) is 22.5 Å². The third-order valence-electron chi connectivity index (χ3n) is 4.66. The molecule has 1 aromatic heterocycles. The maximum atomic E-state index is 12.5. The van der Waals surface area contributed by atoms with Crippen molar-refractivity contribution in [2.24, 2.45) is 0 Å². The number of carbonyl (C=O) groups is 1. The molecule has 2 aromatic carbocycles. The minimum absolute atomic E-state index is 0.101. The van der Waals surface area contributed by atoms with Gasteiger partial charge in [0.1, 0.15) is 6.61 Å². The maximum absolute atomic E-state index is 12.5. The molecular weight excluding hydrogens is 551 g/mol. The van der Waals surface area contributed by atoms with E-state index in [2.05, 4.69) is 44.7 Å². The van der Waals surface area contributed by atoms with Gasteiger partial charge in [-0.2, -0.15) is 0 Å². The zero-order valence-corrected chi connectivity index (χ0v) is 21.9. The average Bonchev–Trinajstić information content (AvgIpc) is 3.16. The molecule has 33 heavy (non-hydrogen) atoms. The lowest BCUT2D eigenvalue weighted by Crippen LogP contribution is -2.15. The molecule has 0 fully saturated rings. The summed E-state index contributed by atoms with van der Waals surface area (Å²) < 4.78 is 14.7. The fourth-order valence-corrected chi connectivity index (χ4v) is 4.49. The van der Waals surface area contributed by atoms with Crippen molar-refractivity contribution in [2.75, 3.05) is 17.7 Å². The molecule has 0 saturated carbocycles. The lowest BCUT2D eigenvalue weighted by Gasteiger charge is -2.13. The van der Waals surface area contributed by atoms with Gasteiger partial charge >= 0.3 is 0 Å². The second-order valence-electron chi connectivity index (χ2n) is 7.27. The van der Waals surface area contributed by atoms with E-state index in [0.29, 0.717) is 35.6 Å². The highest BCUT2D eigenvalue weighted by Crippen LogP contribution is 2.29. The normalized spacial score (nSPS) is 10.7. The molecule has 0 aliphatic heterocycles. The molecule has 1 N–H and O–H groups in total. The number of anilines is 1. The van der Waals surface area contributed by atoms with Gasteiger partial charge in [0.05, 0.1) is 12.4 Å². The van der Waals surface area contributed by atoms with E-state index in [4.69, 9.17) is 9.47 Å². The molecule has 3 rings (SSSR count). The number of hydrogen-bond donors (Lipinski definition) is 1. The Kier molecular flexibility index (Phi) is 9.19. The second kappa shape index (κ2) is 12.1. The second-order valence-corrected chi connectivity index (χ2v) is 9.45. The lowest BCUT2D eigenvalue weighted by atomic mass is 10.2. The third-order valence-corrected chi connectivity index (χ3v) is 6.29. The number of aryl methyl sites for hydroxylation is 2. The first-order valence-corrected chi connectivity index (χ1v) is 12.6. The maximum Gasteiger partial charge on any atom is 0.234 e. The predicted molar refractivity (Wildman–Crippen MR) is 140 cm³/mol. The number of rotatable bonds is 11. The molecule has 0 unspecified atom stereocenters. The van der Waals surface area contributed by atoms with E-state index in [0.717, 1.165) is 20.4 Å². The monoisotopic (exact) mass is 578 g/mol. The third kappa shape index (κ3) is 6.97. The molecule has 3 aromatic rings. The first-order valence-electron chi connectivity index (χ1n) is 10.5. The molecule has 174 valence electrons. The van der Waals surface area contributed by atoms with Crippen LogP contribution in [0, 0.1) is 17.4 Å². The number of ether oxygens (including phenoxy) is 2. The van der Waals surface area contributed by atoms with E-state index in [1.54, 1.807) is 6.08 Å². The van der Waals surface area contributed by atoms with Gasteiger partial charge in [-0.15, -0.1) is 16.8 Å². The minimum atomic E-state index is -0.101. The summed E-state index contributed by atoms with van der Waals surface area (Å²) in [6.07, 6.45) is 1.77. The number of aromatic nitrogens is 3. The number of hydrogen-bond acceptors (Lipinski definition) is 6. The van der Waals surface area contributed by atoms with Crippen molar-refractivity contribution in [3.05, 3.63) is 69.6 Å². The van der Waals surface area contributed by atoms with Crippen molar-refractivity contribution < 1.29 is 14.3 Å². The minimum Gasteiger partial charge on any atom is -0.490 e. The Morgan fingerprint density at radius 3 is 2.73 bits per heavy atom. The number of halogens is 1. The first kappa shape index (κ1) is 25.1. The van der Waals surface area contributed by atoms with Gasteiger partial charge in [-0.05, 0) is 84.8 Å². The summed E-state index contributed by atoms with van der Waals surface area (Å²) in [5.41, 5.74) is 2.93. The van der Waals surface area contributed by atoms with Crippen molar-refractivity contribution in [1.82, 2.24) is 14.8 Å². The van der Waals surface area contributed by atoms with Gasteiger partial charge in [0.2, 0.25) is 5.91 Å². The molecule has 7 nitrogen and oxygen atoms in total. The number of benzene rings is 2. The number of nitrogens with zero attached hydrogens (tertiary/aromatic N) is 3. The summed E-state index contributed by atoms with van der Waals surface area (Å²) >= 11 is 3.58. The SMILES string of the molecule is C=CCn1c(COc2ccc(C)cc2OCC)nnc1SCC(=O)Nc1ccc(I)cc1C. The molecule has 0 bridgehead atoms. The molecule has 0 saturated heterocycles. The highest BCUT2D eigenvalue weighted by Gasteiger charge is 2.15. The Morgan fingerprint density at radius 1 is 1.18 bits per heavy atom. The summed E-state index contributed by atoms with van der Waals surface area (Å²) in [5.74, 6) is 2.11. The fraction of sp³-hybridized carbons (Fsp3) is 0.292. The number of allylic oxidation sites excluding steroid dienone is 1. The van der Waals surface area contributed by atoms with Crippen molar-refractivity contribution in [1.29, 1.82) is 0 Å². The Hall–Kier alpha value is -2.53. The van der Waals surface area contributed by atoms with E-state index in [-0.39, 0.29) is 18.3 Å². The topological polar surface area (TPSA) is 78.3 Å². The van der Waals surface area contributed by atoms with Gasteiger partial charge in [0.25, 0.3) is 0 Å². The summed E-state index contributed by atoms with van der Waals surface area (Å²) in [7, 11) is 0. The molecule has 0 radical (unpaired) electrons. The summed E-state index contributed by atoms with van der Waals surface area (Å²) in [6.45, 7) is 11.0. The van der Waals surface area contributed by atoms with Crippen LogP contribution >= 0.6 is 34.4 Å². The Labute approximate surface area is 212 Å². The highest BCUT2D eigenvalue weighted by molar-refractivity contribution is 14.1. The van der Waals surface area contributed by atoms with Crippen LogP contribution in [-0.4, -0.2) is 33.0 Å². The standard InChI is InChI=1S/C24H27IN4O3S/c1-5-11-29-22(14-32-20-10-7-16(3)12-21(20)31-6-2)27-28-24(29)33-15-23(30)26-19-9-8-18(25)13-17(19)4/h5,7-10,12-13H,1,6,11,14-15H2,2-4H3,(H,26,30). The summed E-state index contributed by atoms with van der Waals surface area (Å²) in [4.78, 5) is 12.5. The summed E-state index contributed by atoms with van der Waals surface area (Å²) in [5, 5.41) is 12.1. The zero-order chi connectivity index (χ0) is 23.8. The Balaban J connectivity index is 1.65. The zero-order valence-electron chi connectivity index (χ0n) is 18.9. The van der Waals surface area contributed by atoms with Crippen molar-refractivity contribution in [3.8, 4) is 11.5 Å². The molecule has 1 heterocycles. The Bertz CT molecular complexity index is 1130. The summed E-state index contributed by atoms with van der Waals surface area (Å²) in [6, 6.07) is 11.7. The van der Waals surface area contributed by atoms with Crippen LogP contribution in [0.3, 0.4) is 0 Å². The van der Waals surface area contributed by atoms with Crippen LogP contribution in [0.4, 0.5) is 5.69 Å². The number of carbonyl (C=O) groups excluding carboxylic acids is 1. The largest absolute Gasteiger partial charge is 0.490 e. The van der Waals surface area contributed by atoms with E-state index in [1.165, 1.54) is 11.8 Å². The van der Waals surface area contributed by atoms with Gasteiger partial charge in [-0.25, -0.2) is 0 Å². The quantitative estimate of drug-likeness (QED) is 0.187. The lowest BCUT2D eigenvalue weighted by molar-refractivity contribution is -0.113. The molecule has 1 amide bonds. The van der Waals surface area contributed by atoms with Crippen LogP contribution in [0.1, 0.15) is 23.9 Å². The van der Waals surface area contributed by atoms with Gasteiger partial charge in [-0.3, -0.25) is 9.36 Å². The highest BCUT2D eigenvalue weighted by atomic mass is 127. The van der Waals surface area contributed by atoms with Crippen molar-refractivity contribution in [2.45, 2.75) is 39.1 Å². The molecular formula is C24H27IN4O3S. The molecule has 0 aliphatic carbocycles. The predicted octanol–water partition coefficient (Wildman–Crippen LogP) is 5.39. The fourth-order valence-electron chi connectivity index (χ4n) is 3.07. The van der Waals surface area contributed by atoms with Crippen LogP contribution in [0.2, 0.25) is 0 Å². The number of nitrogens with one attached hydrogen (secondary N) is 1. The smallest absolute Gasteiger partial charge is 0.234 e. The van der Waals surface area contributed by atoms with E-state index in [1.807, 2.05) is 61.7 Å². The molecule has 9 heteroatoms. The number of thioether (sulfide) groups is 1. The Morgan fingerprint density at radius 2 is 2.00 bits per heavy atom. The van der Waals surface area contributed by atoms with Crippen molar-refractivity contribution in [3.63, 3.8) is 0 Å². The van der Waals surface area contributed by atoms with Crippen LogP contribution < -0.4 is 14.8 Å².